The Hall–Kier alpha value is -3.72. The van der Waals surface area contributed by atoms with Crippen molar-refractivity contribution in [1.29, 1.82) is 0 Å². The van der Waals surface area contributed by atoms with E-state index in [0.29, 0.717) is 34.5 Å². The summed E-state index contributed by atoms with van der Waals surface area (Å²) in [5, 5.41) is 0. The molecule has 4 aromatic rings. The van der Waals surface area contributed by atoms with E-state index in [0.717, 1.165) is 0 Å². The average Bonchev–Trinajstić information content (AvgIpc) is 2.73. The van der Waals surface area contributed by atoms with Crippen molar-refractivity contribution >= 4 is 0 Å². The van der Waals surface area contributed by atoms with Crippen LogP contribution in [0.25, 0.3) is 0 Å². The lowest BCUT2D eigenvalue weighted by molar-refractivity contribution is 0.386. The molecule has 0 saturated carbocycles. The second kappa shape index (κ2) is 8.11. The van der Waals surface area contributed by atoms with Crippen LogP contribution in [0, 0.1) is 6.07 Å². The van der Waals surface area contributed by atoms with E-state index in [-0.39, 0.29) is 0 Å². The van der Waals surface area contributed by atoms with Crippen LogP contribution < -0.4 is 14.2 Å². The molecule has 0 aliphatic carbocycles. The van der Waals surface area contributed by atoms with Crippen LogP contribution in [-0.4, -0.2) is 0 Å². The molecule has 0 N–H and O–H groups in total. The number of benzene rings is 4. The van der Waals surface area contributed by atoms with Gasteiger partial charge in [-0.25, -0.2) is 0 Å². The molecule has 0 fully saturated rings. The fraction of sp³-hybridized carbons (Fsp3) is 0. The molecule has 0 bridgehead atoms. The smallest absolute Gasteiger partial charge is 0.213 e. The summed E-state index contributed by atoms with van der Waals surface area (Å²) in [6, 6.07) is 35.3. The van der Waals surface area contributed by atoms with E-state index in [2.05, 4.69) is 6.07 Å². The number of hydrogen-bond donors (Lipinski definition) is 0. The molecular formula is C24H17O3. The maximum Gasteiger partial charge on any atom is 0.213 e. The van der Waals surface area contributed by atoms with Gasteiger partial charge in [0, 0.05) is 6.07 Å². The second-order valence-electron chi connectivity index (χ2n) is 5.75. The fourth-order valence-electron chi connectivity index (χ4n) is 2.53. The molecule has 4 rings (SSSR count). The topological polar surface area (TPSA) is 27.7 Å². The van der Waals surface area contributed by atoms with Crippen LogP contribution in [0.4, 0.5) is 0 Å². The zero-order valence-corrected chi connectivity index (χ0v) is 14.5. The van der Waals surface area contributed by atoms with Crippen molar-refractivity contribution < 1.29 is 14.2 Å². The zero-order chi connectivity index (χ0) is 18.3. The number of hydrogen-bond acceptors (Lipinski definition) is 3. The first-order chi connectivity index (χ1) is 13.4. The Kier molecular flexibility index (Phi) is 5.02. The summed E-state index contributed by atoms with van der Waals surface area (Å²) in [5.74, 6) is 3.58. The maximum absolute atomic E-state index is 6.10. The number of ether oxygens (including phenoxy) is 3. The highest BCUT2D eigenvalue weighted by atomic mass is 16.5. The van der Waals surface area contributed by atoms with Crippen molar-refractivity contribution in [3.8, 4) is 34.5 Å². The van der Waals surface area contributed by atoms with Crippen molar-refractivity contribution in [1.82, 2.24) is 0 Å². The molecule has 0 atom stereocenters. The normalized spacial score (nSPS) is 10.2. The first-order valence-corrected chi connectivity index (χ1v) is 8.62. The van der Waals surface area contributed by atoms with Gasteiger partial charge in [-0.1, -0.05) is 54.6 Å². The highest BCUT2D eigenvalue weighted by molar-refractivity contribution is 5.55. The number of rotatable bonds is 6. The van der Waals surface area contributed by atoms with Crippen molar-refractivity contribution in [3.05, 3.63) is 109 Å². The monoisotopic (exact) mass is 353 g/mol. The lowest BCUT2D eigenvalue weighted by Crippen LogP contribution is -1.94. The maximum atomic E-state index is 6.10. The summed E-state index contributed by atoms with van der Waals surface area (Å²) in [5.41, 5.74) is 0. The Morgan fingerprint density at radius 2 is 0.963 bits per heavy atom. The molecule has 0 aliphatic heterocycles. The average molecular weight is 353 g/mol. The fourth-order valence-corrected chi connectivity index (χ4v) is 2.53. The summed E-state index contributed by atoms with van der Waals surface area (Å²) in [4.78, 5) is 0. The molecule has 0 aliphatic rings. The Labute approximate surface area is 158 Å². The minimum Gasteiger partial charge on any atom is -0.453 e. The quantitative estimate of drug-likeness (QED) is 0.379. The van der Waals surface area contributed by atoms with Gasteiger partial charge in [-0.15, -0.1) is 0 Å². The van der Waals surface area contributed by atoms with Crippen molar-refractivity contribution in [2.75, 3.05) is 0 Å². The van der Waals surface area contributed by atoms with Gasteiger partial charge in [0.1, 0.15) is 17.2 Å². The summed E-state index contributed by atoms with van der Waals surface area (Å²) >= 11 is 0. The van der Waals surface area contributed by atoms with Crippen LogP contribution in [0.3, 0.4) is 0 Å². The van der Waals surface area contributed by atoms with Gasteiger partial charge in [-0.05, 0) is 48.5 Å². The van der Waals surface area contributed by atoms with E-state index in [1.54, 1.807) is 6.07 Å². The lowest BCUT2D eigenvalue weighted by Gasteiger charge is -2.16. The van der Waals surface area contributed by atoms with E-state index in [9.17, 15) is 0 Å². The molecule has 131 valence electrons. The second-order valence-corrected chi connectivity index (χ2v) is 5.75. The van der Waals surface area contributed by atoms with Gasteiger partial charge in [0.2, 0.25) is 5.75 Å². The molecule has 4 aromatic carbocycles. The molecule has 0 spiro atoms. The highest BCUT2D eigenvalue weighted by Gasteiger charge is 2.16. The van der Waals surface area contributed by atoms with Crippen molar-refractivity contribution in [2.45, 2.75) is 0 Å². The van der Waals surface area contributed by atoms with Gasteiger partial charge >= 0.3 is 0 Å². The van der Waals surface area contributed by atoms with Crippen LogP contribution in [0.15, 0.2) is 103 Å². The van der Waals surface area contributed by atoms with Gasteiger partial charge < -0.3 is 14.2 Å². The molecule has 0 amide bonds. The molecule has 0 heterocycles. The Balaban J connectivity index is 1.72. The summed E-state index contributed by atoms with van der Waals surface area (Å²) < 4.78 is 18.1. The van der Waals surface area contributed by atoms with E-state index in [1.807, 2.05) is 97.1 Å². The predicted molar refractivity (Wildman–Crippen MR) is 105 cm³/mol. The largest absolute Gasteiger partial charge is 0.453 e. The van der Waals surface area contributed by atoms with E-state index in [4.69, 9.17) is 14.2 Å². The third-order valence-corrected chi connectivity index (χ3v) is 3.78. The van der Waals surface area contributed by atoms with Gasteiger partial charge in [-0.3, -0.25) is 0 Å². The zero-order valence-electron chi connectivity index (χ0n) is 14.5. The first-order valence-electron chi connectivity index (χ1n) is 8.62. The highest BCUT2D eigenvalue weighted by Crippen LogP contribution is 2.43. The van der Waals surface area contributed by atoms with Gasteiger partial charge in [0.15, 0.2) is 11.5 Å². The van der Waals surface area contributed by atoms with Gasteiger partial charge in [-0.2, -0.15) is 0 Å². The summed E-state index contributed by atoms with van der Waals surface area (Å²) in [6.07, 6.45) is 0. The lowest BCUT2D eigenvalue weighted by atomic mass is 10.2. The van der Waals surface area contributed by atoms with Crippen molar-refractivity contribution in [3.63, 3.8) is 0 Å². The van der Waals surface area contributed by atoms with Crippen LogP contribution in [0.5, 0.6) is 34.5 Å². The summed E-state index contributed by atoms with van der Waals surface area (Å²) in [7, 11) is 0. The molecule has 0 aromatic heterocycles. The minimum absolute atomic E-state index is 0.457. The standard InChI is InChI=1S/C24H17O3/c1-4-11-19(12-5-1)25-22-17-10-18-23(26-20-13-6-2-7-14-20)24(22)27-21-15-8-3-9-16-21/h1-17H. The van der Waals surface area contributed by atoms with Crippen molar-refractivity contribution in [2.24, 2.45) is 0 Å². The first kappa shape index (κ1) is 16.7. The number of para-hydroxylation sites is 3. The van der Waals surface area contributed by atoms with E-state index in [1.165, 1.54) is 0 Å². The molecule has 1 radical (unpaired) electrons. The Morgan fingerprint density at radius 1 is 0.481 bits per heavy atom. The van der Waals surface area contributed by atoms with E-state index < -0.39 is 0 Å². The van der Waals surface area contributed by atoms with E-state index >= 15 is 0 Å². The SMILES string of the molecule is [c]1ccc(Oc2ccccc2)c(Oc2ccccc2)c1Oc1ccccc1. The molecule has 3 heteroatoms. The molecular weight excluding hydrogens is 336 g/mol. The predicted octanol–water partition coefficient (Wildman–Crippen LogP) is 6.86. The van der Waals surface area contributed by atoms with Gasteiger partial charge in [0.05, 0.1) is 0 Å². The molecule has 3 nitrogen and oxygen atoms in total. The molecule has 0 saturated heterocycles. The molecule has 0 unspecified atom stereocenters. The third kappa shape index (κ3) is 4.28. The summed E-state index contributed by atoms with van der Waals surface area (Å²) in [6.45, 7) is 0. The Morgan fingerprint density at radius 3 is 1.52 bits per heavy atom. The molecule has 27 heavy (non-hydrogen) atoms. The van der Waals surface area contributed by atoms with Crippen LogP contribution in [0.2, 0.25) is 0 Å². The van der Waals surface area contributed by atoms with Gasteiger partial charge in [0.25, 0.3) is 0 Å². The van der Waals surface area contributed by atoms with Crippen LogP contribution >= 0.6 is 0 Å². The Bertz CT molecular complexity index is 924. The van der Waals surface area contributed by atoms with Crippen LogP contribution in [-0.2, 0) is 0 Å². The third-order valence-electron chi connectivity index (χ3n) is 3.78. The van der Waals surface area contributed by atoms with Crippen LogP contribution in [0.1, 0.15) is 0 Å². The minimum atomic E-state index is 0.457.